The molecule has 1 aliphatic heterocycles. The van der Waals surface area contributed by atoms with E-state index in [1.54, 1.807) is 6.07 Å². The lowest BCUT2D eigenvalue weighted by atomic mass is 9.99. The van der Waals surface area contributed by atoms with Crippen molar-refractivity contribution in [1.82, 2.24) is 10.2 Å². The van der Waals surface area contributed by atoms with Crippen molar-refractivity contribution in [3.63, 3.8) is 0 Å². The molecule has 1 fully saturated rings. The highest BCUT2D eigenvalue weighted by atomic mass is 35.5. The predicted molar refractivity (Wildman–Crippen MR) is 75.7 cm³/mol. The van der Waals surface area contributed by atoms with Crippen LogP contribution in [-0.2, 0) is 0 Å². The normalized spacial score (nSPS) is 17.8. The molecule has 2 nitrogen and oxygen atoms in total. The van der Waals surface area contributed by atoms with Gasteiger partial charge in [0.1, 0.15) is 11.6 Å². The molecule has 0 spiro atoms. The van der Waals surface area contributed by atoms with Crippen LogP contribution in [0.4, 0.5) is 8.78 Å². The van der Waals surface area contributed by atoms with Gasteiger partial charge >= 0.3 is 0 Å². The average molecular weight is 291 g/mol. The molecular formula is C14H21ClF2N2. The number of hydrogen-bond acceptors (Lipinski definition) is 2. The van der Waals surface area contributed by atoms with Gasteiger partial charge in [0.25, 0.3) is 0 Å². The van der Waals surface area contributed by atoms with E-state index in [9.17, 15) is 8.78 Å². The Labute approximate surface area is 119 Å². The minimum absolute atomic E-state index is 0. The topological polar surface area (TPSA) is 15.3 Å². The van der Waals surface area contributed by atoms with Crippen molar-refractivity contribution >= 4 is 12.4 Å². The zero-order valence-electron chi connectivity index (χ0n) is 11.2. The Hall–Kier alpha value is -0.710. The van der Waals surface area contributed by atoms with Crippen molar-refractivity contribution in [2.24, 2.45) is 0 Å². The lowest BCUT2D eigenvalue weighted by molar-refractivity contribution is 0.161. The van der Waals surface area contributed by atoms with E-state index in [4.69, 9.17) is 0 Å². The molecule has 0 aliphatic carbocycles. The SMILES string of the molecule is CCC[C@@H](c1ccc(F)cc1F)N1CCNCC1.Cl. The second kappa shape index (κ2) is 7.78. The summed E-state index contributed by atoms with van der Waals surface area (Å²) in [4.78, 5) is 2.29. The lowest BCUT2D eigenvalue weighted by Crippen LogP contribution is -2.45. The Morgan fingerprint density at radius 1 is 1.26 bits per heavy atom. The maximum atomic E-state index is 13.9. The van der Waals surface area contributed by atoms with E-state index in [-0.39, 0.29) is 18.4 Å². The molecule has 1 N–H and O–H groups in total. The van der Waals surface area contributed by atoms with Crippen molar-refractivity contribution in [2.75, 3.05) is 26.2 Å². The monoisotopic (exact) mass is 290 g/mol. The van der Waals surface area contributed by atoms with E-state index >= 15 is 0 Å². The van der Waals surface area contributed by atoms with Crippen LogP contribution in [0.5, 0.6) is 0 Å². The van der Waals surface area contributed by atoms with Crippen molar-refractivity contribution < 1.29 is 8.78 Å². The highest BCUT2D eigenvalue weighted by molar-refractivity contribution is 5.85. The van der Waals surface area contributed by atoms with Gasteiger partial charge in [-0.3, -0.25) is 4.90 Å². The molecule has 1 atom stereocenters. The fourth-order valence-corrected chi connectivity index (χ4v) is 2.57. The van der Waals surface area contributed by atoms with E-state index in [2.05, 4.69) is 17.1 Å². The van der Waals surface area contributed by atoms with Gasteiger partial charge in [-0.15, -0.1) is 12.4 Å². The quantitative estimate of drug-likeness (QED) is 0.916. The van der Waals surface area contributed by atoms with Crippen LogP contribution < -0.4 is 5.32 Å². The third-order valence-electron chi connectivity index (χ3n) is 3.48. The minimum atomic E-state index is -0.508. The molecule has 0 aromatic heterocycles. The average Bonchev–Trinajstić information content (AvgIpc) is 2.38. The first-order valence-electron chi connectivity index (χ1n) is 6.62. The summed E-state index contributed by atoms with van der Waals surface area (Å²) in [6, 6.07) is 3.99. The zero-order valence-corrected chi connectivity index (χ0v) is 12.0. The molecule has 0 bridgehead atoms. The number of hydrogen-bond donors (Lipinski definition) is 1. The van der Waals surface area contributed by atoms with Crippen molar-refractivity contribution in [2.45, 2.75) is 25.8 Å². The van der Waals surface area contributed by atoms with Gasteiger partial charge in [0.15, 0.2) is 0 Å². The van der Waals surface area contributed by atoms with Gasteiger partial charge in [0.2, 0.25) is 0 Å². The van der Waals surface area contributed by atoms with Gasteiger partial charge in [-0.05, 0) is 12.5 Å². The Morgan fingerprint density at radius 3 is 2.53 bits per heavy atom. The summed E-state index contributed by atoms with van der Waals surface area (Å²) in [5, 5.41) is 3.29. The highest BCUT2D eigenvalue weighted by Crippen LogP contribution is 2.28. The summed E-state index contributed by atoms with van der Waals surface area (Å²) in [5.74, 6) is -0.932. The van der Waals surface area contributed by atoms with Gasteiger partial charge in [-0.25, -0.2) is 8.78 Å². The molecule has 108 valence electrons. The molecule has 1 heterocycles. The van der Waals surface area contributed by atoms with Gasteiger partial charge in [-0.2, -0.15) is 0 Å². The Kier molecular flexibility index (Phi) is 6.69. The summed E-state index contributed by atoms with van der Waals surface area (Å²) in [7, 11) is 0. The van der Waals surface area contributed by atoms with Crippen LogP contribution in [0, 0.1) is 11.6 Å². The molecule has 0 unspecified atom stereocenters. The van der Waals surface area contributed by atoms with Crippen LogP contribution >= 0.6 is 12.4 Å². The summed E-state index contributed by atoms with van der Waals surface area (Å²) >= 11 is 0. The summed E-state index contributed by atoms with van der Waals surface area (Å²) < 4.78 is 26.9. The molecule has 1 aromatic carbocycles. The van der Waals surface area contributed by atoms with E-state index in [0.29, 0.717) is 5.56 Å². The van der Waals surface area contributed by atoms with Crippen molar-refractivity contribution in [3.05, 3.63) is 35.4 Å². The maximum Gasteiger partial charge on any atom is 0.130 e. The molecule has 2 rings (SSSR count). The van der Waals surface area contributed by atoms with E-state index in [1.165, 1.54) is 6.07 Å². The Balaban J connectivity index is 0.00000180. The van der Waals surface area contributed by atoms with Crippen molar-refractivity contribution in [1.29, 1.82) is 0 Å². The number of piperazine rings is 1. The van der Waals surface area contributed by atoms with Crippen LogP contribution in [0.15, 0.2) is 18.2 Å². The van der Waals surface area contributed by atoms with Crippen molar-refractivity contribution in [3.8, 4) is 0 Å². The van der Waals surface area contributed by atoms with Gasteiger partial charge in [0, 0.05) is 43.9 Å². The summed E-state index contributed by atoms with van der Waals surface area (Å²) in [6.45, 7) is 5.80. The molecule has 5 heteroatoms. The van der Waals surface area contributed by atoms with E-state index < -0.39 is 11.6 Å². The highest BCUT2D eigenvalue weighted by Gasteiger charge is 2.23. The van der Waals surface area contributed by atoms with E-state index in [1.807, 2.05) is 0 Å². The Morgan fingerprint density at radius 2 is 1.95 bits per heavy atom. The number of nitrogens with one attached hydrogen (secondary N) is 1. The Bertz CT molecular complexity index is 395. The smallest absolute Gasteiger partial charge is 0.130 e. The molecule has 1 aromatic rings. The first-order chi connectivity index (χ1) is 8.72. The van der Waals surface area contributed by atoms with Gasteiger partial charge < -0.3 is 5.32 Å². The molecular weight excluding hydrogens is 270 g/mol. The van der Waals surface area contributed by atoms with Gasteiger partial charge in [-0.1, -0.05) is 19.4 Å². The summed E-state index contributed by atoms with van der Waals surface area (Å²) in [6.07, 6.45) is 1.90. The lowest BCUT2D eigenvalue weighted by Gasteiger charge is -2.35. The molecule has 0 saturated carbocycles. The van der Waals surface area contributed by atoms with E-state index in [0.717, 1.165) is 45.1 Å². The van der Waals surface area contributed by atoms with Crippen LogP contribution in [-0.4, -0.2) is 31.1 Å². The fraction of sp³-hybridized carbons (Fsp3) is 0.571. The first kappa shape index (κ1) is 16.3. The third kappa shape index (κ3) is 4.13. The number of benzene rings is 1. The predicted octanol–water partition coefficient (Wildman–Crippen LogP) is 3.13. The first-order valence-corrected chi connectivity index (χ1v) is 6.62. The molecule has 0 amide bonds. The fourth-order valence-electron chi connectivity index (χ4n) is 2.57. The largest absolute Gasteiger partial charge is 0.314 e. The maximum absolute atomic E-state index is 13.9. The molecule has 1 aliphatic rings. The zero-order chi connectivity index (χ0) is 13.0. The molecule has 0 radical (unpaired) electrons. The minimum Gasteiger partial charge on any atom is -0.314 e. The molecule has 1 saturated heterocycles. The summed E-state index contributed by atoms with van der Waals surface area (Å²) in [5.41, 5.74) is 0.625. The van der Waals surface area contributed by atoms with Crippen LogP contribution in [0.25, 0.3) is 0 Å². The van der Waals surface area contributed by atoms with Crippen LogP contribution in [0.3, 0.4) is 0 Å². The van der Waals surface area contributed by atoms with Gasteiger partial charge in [0.05, 0.1) is 0 Å². The second-order valence-electron chi connectivity index (χ2n) is 4.76. The third-order valence-corrected chi connectivity index (χ3v) is 3.48. The number of rotatable bonds is 4. The number of nitrogens with zero attached hydrogens (tertiary/aromatic N) is 1. The standard InChI is InChI=1S/C14H20F2N2.ClH/c1-2-3-14(18-8-6-17-7-9-18)12-5-4-11(15)10-13(12)16;/h4-5,10,14,17H,2-3,6-9H2,1H3;1H/t14-;/m0./s1. The number of halogens is 3. The molecule has 19 heavy (non-hydrogen) atoms. The second-order valence-corrected chi connectivity index (χ2v) is 4.76. The van der Waals surface area contributed by atoms with Crippen LogP contribution in [0.1, 0.15) is 31.4 Å². The van der Waals surface area contributed by atoms with Crippen LogP contribution in [0.2, 0.25) is 0 Å².